The summed E-state index contributed by atoms with van der Waals surface area (Å²) >= 11 is 0. The molecule has 0 heterocycles. The Bertz CT molecular complexity index is 1150. The van der Waals surface area contributed by atoms with E-state index >= 15 is 0 Å². The Morgan fingerprint density at radius 1 is 0.544 bits per heavy atom. The number of carbonyl (C=O) groups is 2. The largest absolute Gasteiger partial charge is 0.472 e. The molecule has 0 spiro atoms. The normalized spacial score (nSPS) is 22.9. The number of aliphatic hydroxyl groups excluding tert-OH is 4. The van der Waals surface area contributed by atoms with Crippen molar-refractivity contribution in [1.29, 1.82) is 0 Å². The van der Waals surface area contributed by atoms with Crippen LogP contribution in [0.2, 0.25) is 0 Å². The van der Waals surface area contributed by atoms with E-state index in [-0.39, 0.29) is 12.8 Å². The highest BCUT2D eigenvalue weighted by molar-refractivity contribution is 7.47. The molecule has 17 nitrogen and oxygen atoms in total. The highest BCUT2D eigenvalue weighted by Gasteiger charge is 2.54. The highest BCUT2D eigenvalue weighted by Crippen LogP contribution is 2.49. The van der Waals surface area contributed by atoms with E-state index in [9.17, 15) is 44.0 Å². The molecule has 4 unspecified atom stereocenters. The van der Waals surface area contributed by atoms with Crippen LogP contribution in [0.4, 0.5) is 0 Å². The summed E-state index contributed by atoms with van der Waals surface area (Å²) < 4.78 is 49.1. The molecular weight excluding hydrogens is 788 g/mol. The van der Waals surface area contributed by atoms with Gasteiger partial charge in [-0.2, -0.15) is 0 Å². The molecule has 0 aliphatic heterocycles. The summed E-state index contributed by atoms with van der Waals surface area (Å²) in [7, 11) is -10.7. The van der Waals surface area contributed by atoms with Crippen molar-refractivity contribution in [3.63, 3.8) is 0 Å². The van der Waals surface area contributed by atoms with Gasteiger partial charge in [0.1, 0.15) is 43.2 Å². The van der Waals surface area contributed by atoms with Crippen LogP contribution in [0.1, 0.15) is 167 Å². The van der Waals surface area contributed by atoms with E-state index in [1.807, 2.05) is 0 Å². The SMILES string of the molecule is CCCCCCCCCCCCCCCC(=O)O[C@@H](COC(=O)CCCCCCCCCCCCN)COP(=O)(O)OC1C(O)[C@@H](OP(=O)(O)O)C(O)[C@@H](O)[C@H]1O. The summed E-state index contributed by atoms with van der Waals surface area (Å²) in [5.74, 6) is -1.21. The number of phosphoric acid groups is 2. The van der Waals surface area contributed by atoms with Crippen molar-refractivity contribution < 1.29 is 76.9 Å². The molecule has 1 aliphatic rings. The number of rotatable bonds is 36. The quantitative estimate of drug-likeness (QED) is 0.0216. The lowest BCUT2D eigenvalue weighted by Crippen LogP contribution is -2.64. The number of aliphatic hydroxyl groups is 4. The molecule has 0 bridgehead atoms. The Labute approximate surface area is 339 Å². The molecule has 0 saturated heterocycles. The van der Waals surface area contributed by atoms with E-state index in [2.05, 4.69) is 11.4 Å². The standard InChI is InChI=1S/C38H75NO16P2/c1-2-3-4-5-6-7-8-9-10-14-17-20-23-26-32(41)53-30(28-51-31(40)25-22-19-16-13-11-12-15-18-21-24-27-39)29-52-57(49,50)55-38-35(44)33(42)34(43)37(36(38)45)54-56(46,47)48/h30,33-38,42-45H,2-29,39H2,1H3,(H,49,50)(H2,46,47,48)/t30-,33+,34?,35+,36?,37-,38?/m0/s1. The first-order chi connectivity index (χ1) is 27.1. The summed E-state index contributed by atoms with van der Waals surface area (Å²) in [4.78, 5) is 54.0. The van der Waals surface area contributed by atoms with E-state index in [1.54, 1.807) is 0 Å². The minimum absolute atomic E-state index is 0.0465. The summed E-state index contributed by atoms with van der Waals surface area (Å²) in [5.41, 5.74) is 5.52. The van der Waals surface area contributed by atoms with Crippen LogP contribution in [0, 0.1) is 0 Å². The zero-order chi connectivity index (χ0) is 42.5. The maximum Gasteiger partial charge on any atom is 0.472 e. The van der Waals surface area contributed by atoms with Gasteiger partial charge in [0, 0.05) is 12.8 Å². The number of carbonyl (C=O) groups excluding carboxylic acids is 2. The molecule has 1 rings (SSSR count). The van der Waals surface area contributed by atoms with Crippen molar-refractivity contribution in [2.24, 2.45) is 5.73 Å². The van der Waals surface area contributed by atoms with E-state index in [0.29, 0.717) is 12.8 Å². The first-order valence-electron chi connectivity index (χ1n) is 21.3. The van der Waals surface area contributed by atoms with Crippen molar-refractivity contribution in [3.05, 3.63) is 0 Å². The zero-order valence-electron chi connectivity index (χ0n) is 34.1. The first-order valence-corrected chi connectivity index (χ1v) is 24.3. The van der Waals surface area contributed by atoms with E-state index in [4.69, 9.17) is 34.0 Å². The molecule has 0 aromatic carbocycles. The molecule has 338 valence electrons. The van der Waals surface area contributed by atoms with Crippen LogP contribution in [0.5, 0.6) is 0 Å². The molecule has 1 saturated carbocycles. The summed E-state index contributed by atoms with van der Waals surface area (Å²) in [6.07, 6.45) is 10.3. The van der Waals surface area contributed by atoms with Gasteiger partial charge in [0.25, 0.3) is 0 Å². The van der Waals surface area contributed by atoms with Gasteiger partial charge >= 0.3 is 27.6 Å². The van der Waals surface area contributed by atoms with Crippen LogP contribution in [0.15, 0.2) is 0 Å². The smallest absolute Gasteiger partial charge is 0.462 e. The molecule has 0 aromatic heterocycles. The molecule has 9 N–H and O–H groups in total. The van der Waals surface area contributed by atoms with Crippen LogP contribution in [0.25, 0.3) is 0 Å². The molecular formula is C38H75NO16P2. The molecule has 19 heteroatoms. The lowest BCUT2D eigenvalue weighted by molar-refractivity contribution is -0.216. The van der Waals surface area contributed by atoms with Crippen LogP contribution < -0.4 is 5.73 Å². The Hall–Kier alpha value is -1.04. The van der Waals surface area contributed by atoms with Gasteiger partial charge in [-0.25, -0.2) is 9.13 Å². The third kappa shape index (κ3) is 26.7. The second-order valence-electron chi connectivity index (χ2n) is 15.2. The number of nitrogens with two attached hydrogens (primary N) is 1. The predicted molar refractivity (Wildman–Crippen MR) is 213 cm³/mol. The molecule has 57 heavy (non-hydrogen) atoms. The van der Waals surface area contributed by atoms with E-state index in [1.165, 1.54) is 70.6 Å². The van der Waals surface area contributed by atoms with Gasteiger partial charge < -0.3 is 50.3 Å². The lowest BCUT2D eigenvalue weighted by Gasteiger charge is -2.43. The number of hydrogen-bond acceptors (Lipinski definition) is 14. The second kappa shape index (κ2) is 31.8. The summed E-state index contributed by atoms with van der Waals surface area (Å²) in [6.45, 7) is 1.60. The van der Waals surface area contributed by atoms with Gasteiger partial charge in [0.15, 0.2) is 6.10 Å². The van der Waals surface area contributed by atoms with Crippen molar-refractivity contribution in [3.8, 4) is 0 Å². The predicted octanol–water partition coefficient (Wildman–Crippen LogP) is 5.61. The minimum atomic E-state index is -5.36. The third-order valence-electron chi connectivity index (χ3n) is 10.0. The topological polar surface area (TPSA) is 282 Å². The number of ether oxygens (including phenoxy) is 2. The van der Waals surface area contributed by atoms with Gasteiger partial charge in [0.2, 0.25) is 0 Å². The third-order valence-corrected chi connectivity index (χ3v) is 11.5. The Morgan fingerprint density at radius 2 is 0.947 bits per heavy atom. The Kier molecular flexibility index (Phi) is 30.1. The molecule has 1 aliphatic carbocycles. The fourth-order valence-corrected chi connectivity index (χ4v) is 8.22. The zero-order valence-corrected chi connectivity index (χ0v) is 35.9. The van der Waals surface area contributed by atoms with Gasteiger partial charge in [-0.3, -0.25) is 23.2 Å². The maximum absolute atomic E-state index is 12.9. The Morgan fingerprint density at radius 3 is 1.39 bits per heavy atom. The number of esters is 2. The van der Waals surface area contributed by atoms with E-state index in [0.717, 1.165) is 70.8 Å². The van der Waals surface area contributed by atoms with Gasteiger partial charge in [-0.15, -0.1) is 0 Å². The second-order valence-corrected chi connectivity index (χ2v) is 17.8. The molecule has 0 radical (unpaired) electrons. The minimum Gasteiger partial charge on any atom is -0.462 e. The van der Waals surface area contributed by atoms with Gasteiger partial charge in [-0.1, -0.05) is 135 Å². The van der Waals surface area contributed by atoms with Crippen molar-refractivity contribution >= 4 is 27.6 Å². The highest BCUT2D eigenvalue weighted by atomic mass is 31.2. The molecule has 1 fully saturated rings. The fraction of sp³-hybridized carbons (Fsp3) is 0.947. The average molecular weight is 864 g/mol. The summed E-state index contributed by atoms with van der Waals surface area (Å²) in [5, 5.41) is 41.1. The number of hydrogen-bond donors (Lipinski definition) is 8. The fourth-order valence-electron chi connectivity index (χ4n) is 6.69. The van der Waals surface area contributed by atoms with E-state index < -0.39 is 83.5 Å². The monoisotopic (exact) mass is 863 g/mol. The van der Waals surface area contributed by atoms with Crippen LogP contribution in [-0.4, -0.2) is 110 Å². The Balaban J connectivity index is 2.64. The lowest BCUT2D eigenvalue weighted by atomic mass is 9.85. The first kappa shape index (κ1) is 54.0. The number of phosphoric ester groups is 2. The maximum atomic E-state index is 12.9. The van der Waals surface area contributed by atoms with Crippen molar-refractivity contribution in [1.82, 2.24) is 0 Å². The molecule has 8 atom stereocenters. The summed E-state index contributed by atoms with van der Waals surface area (Å²) in [6, 6.07) is 0. The van der Waals surface area contributed by atoms with Gasteiger partial charge in [-0.05, 0) is 25.8 Å². The van der Waals surface area contributed by atoms with Crippen LogP contribution in [0.3, 0.4) is 0 Å². The average Bonchev–Trinajstić information content (AvgIpc) is 3.16. The number of unbranched alkanes of at least 4 members (excludes halogenated alkanes) is 21. The molecule has 0 aromatic rings. The van der Waals surface area contributed by atoms with Crippen LogP contribution >= 0.6 is 15.6 Å². The molecule has 0 amide bonds. The van der Waals surface area contributed by atoms with Crippen molar-refractivity contribution in [2.75, 3.05) is 19.8 Å². The van der Waals surface area contributed by atoms with Crippen LogP contribution in [-0.2, 0) is 41.8 Å². The van der Waals surface area contributed by atoms with Gasteiger partial charge in [0.05, 0.1) is 6.61 Å². The van der Waals surface area contributed by atoms with Crippen molar-refractivity contribution in [2.45, 2.75) is 210 Å².